The first-order valence-corrected chi connectivity index (χ1v) is 9.09. The standard InChI is InChI=1S/C17H16N2O2S2/c1-21-13-5-3-4-11(8-13)9-16(20)18-12-6-7-14-15(10-12)23-17(19-14)22-2/h3-8,10H,9H2,1-2H3,(H,18,20). The molecule has 0 aliphatic rings. The van der Waals surface area contributed by atoms with E-state index in [1.54, 1.807) is 30.2 Å². The number of anilines is 1. The van der Waals surface area contributed by atoms with Crippen LogP contribution >= 0.6 is 23.1 Å². The highest BCUT2D eigenvalue weighted by Crippen LogP contribution is 2.30. The smallest absolute Gasteiger partial charge is 0.228 e. The lowest BCUT2D eigenvalue weighted by atomic mass is 10.1. The van der Waals surface area contributed by atoms with Crippen LogP contribution in [0.1, 0.15) is 5.56 Å². The van der Waals surface area contributed by atoms with Crippen molar-refractivity contribution >= 4 is 44.9 Å². The van der Waals surface area contributed by atoms with Crippen molar-refractivity contribution in [2.45, 2.75) is 10.8 Å². The normalized spacial score (nSPS) is 10.7. The molecule has 0 aliphatic carbocycles. The van der Waals surface area contributed by atoms with Gasteiger partial charge in [-0.2, -0.15) is 0 Å². The van der Waals surface area contributed by atoms with Crippen LogP contribution in [0.15, 0.2) is 46.8 Å². The minimum atomic E-state index is -0.0489. The van der Waals surface area contributed by atoms with Crippen molar-refractivity contribution in [2.24, 2.45) is 0 Å². The second-order valence-electron chi connectivity index (χ2n) is 4.94. The third kappa shape index (κ3) is 3.83. The van der Waals surface area contributed by atoms with Crippen LogP contribution < -0.4 is 10.1 Å². The Labute approximate surface area is 142 Å². The first-order valence-electron chi connectivity index (χ1n) is 7.05. The van der Waals surface area contributed by atoms with Gasteiger partial charge in [0.1, 0.15) is 5.75 Å². The van der Waals surface area contributed by atoms with Crippen LogP contribution in [0.5, 0.6) is 5.75 Å². The minimum Gasteiger partial charge on any atom is -0.497 e. The number of aromatic nitrogens is 1. The molecule has 1 amide bonds. The van der Waals surface area contributed by atoms with Gasteiger partial charge in [0.05, 0.1) is 23.7 Å². The van der Waals surface area contributed by atoms with Crippen molar-refractivity contribution < 1.29 is 9.53 Å². The first kappa shape index (κ1) is 15.8. The van der Waals surface area contributed by atoms with Crippen LogP contribution in [0, 0.1) is 0 Å². The zero-order valence-corrected chi connectivity index (χ0v) is 14.5. The fourth-order valence-corrected chi connectivity index (χ4v) is 3.77. The summed E-state index contributed by atoms with van der Waals surface area (Å²) in [6, 6.07) is 13.3. The fraction of sp³-hybridized carbons (Fsp3) is 0.176. The lowest BCUT2D eigenvalue weighted by Gasteiger charge is -2.06. The molecule has 0 atom stereocenters. The lowest BCUT2D eigenvalue weighted by molar-refractivity contribution is -0.115. The van der Waals surface area contributed by atoms with E-state index in [0.29, 0.717) is 6.42 Å². The molecule has 0 saturated heterocycles. The highest BCUT2D eigenvalue weighted by molar-refractivity contribution is 8.00. The zero-order valence-electron chi connectivity index (χ0n) is 12.8. The van der Waals surface area contributed by atoms with E-state index in [4.69, 9.17) is 4.74 Å². The summed E-state index contributed by atoms with van der Waals surface area (Å²) in [5, 5.41) is 2.94. The first-order chi connectivity index (χ1) is 11.2. The molecule has 3 aromatic rings. The molecule has 0 aliphatic heterocycles. The van der Waals surface area contributed by atoms with Gasteiger partial charge in [0.15, 0.2) is 4.34 Å². The number of methoxy groups -OCH3 is 1. The molecule has 4 nitrogen and oxygen atoms in total. The van der Waals surface area contributed by atoms with E-state index < -0.39 is 0 Å². The molecule has 118 valence electrons. The molecule has 23 heavy (non-hydrogen) atoms. The van der Waals surface area contributed by atoms with Crippen molar-refractivity contribution in [3.05, 3.63) is 48.0 Å². The Balaban J connectivity index is 1.71. The molecule has 1 N–H and O–H groups in total. The molecule has 0 unspecified atom stereocenters. The van der Waals surface area contributed by atoms with E-state index in [2.05, 4.69) is 10.3 Å². The number of hydrogen-bond acceptors (Lipinski definition) is 5. The summed E-state index contributed by atoms with van der Waals surface area (Å²) in [5.41, 5.74) is 2.68. The molecule has 2 aromatic carbocycles. The number of hydrogen-bond donors (Lipinski definition) is 1. The maximum Gasteiger partial charge on any atom is 0.228 e. The maximum absolute atomic E-state index is 12.2. The average molecular weight is 344 g/mol. The summed E-state index contributed by atoms with van der Waals surface area (Å²) in [7, 11) is 1.62. The topological polar surface area (TPSA) is 51.2 Å². The molecule has 3 rings (SSSR count). The van der Waals surface area contributed by atoms with E-state index in [9.17, 15) is 4.79 Å². The van der Waals surface area contributed by atoms with Crippen molar-refractivity contribution in [3.8, 4) is 5.75 Å². The monoisotopic (exact) mass is 344 g/mol. The van der Waals surface area contributed by atoms with Crippen molar-refractivity contribution in [1.82, 2.24) is 4.98 Å². The Morgan fingerprint density at radius 2 is 2.17 bits per heavy atom. The van der Waals surface area contributed by atoms with Crippen LogP contribution in [0.2, 0.25) is 0 Å². The zero-order chi connectivity index (χ0) is 16.2. The number of ether oxygens (including phenoxy) is 1. The Kier molecular flexibility index (Phi) is 4.83. The molecule has 0 saturated carbocycles. The van der Waals surface area contributed by atoms with Gasteiger partial charge in [0.25, 0.3) is 0 Å². The van der Waals surface area contributed by atoms with Crippen LogP contribution in [-0.4, -0.2) is 24.3 Å². The van der Waals surface area contributed by atoms with Gasteiger partial charge in [-0.25, -0.2) is 4.98 Å². The van der Waals surface area contributed by atoms with Gasteiger partial charge in [-0.15, -0.1) is 11.3 Å². The Hall–Kier alpha value is -2.05. The Morgan fingerprint density at radius 3 is 2.96 bits per heavy atom. The van der Waals surface area contributed by atoms with Crippen LogP contribution in [0.3, 0.4) is 0 Å². The predicted octanol–water partition coefficient (Wildman–Crippen LogP) is 4.21. The largest absolute Gasteiger partial charge is 0.497 e. The highest BCUT2D eigenvalue weighted by Gasteiger charge is 2.08. The fourth-order valence-electron chi connectivity index (χ4n) is 2.24. The van der Waals surface area contributed by atoms with Crippen molar-refractivity contribution in [3.63, 3.8) is 0 Å². The molecular formula is C17H16N2O2S2. The van der Waals surface area contributed by atoms with Crippen molar-refractivity contribution in [2.75, 3.05) is 18.7 Å². The molecule has 0 fully saturated rings. The number of nitrogens with zero attached hydrogens (tertiary/aromatic N) is 1. The Morgan fingerprint density at radius 1 is 1.30 bits per heavy atom. The van der Waals surface area contributed by atoms with Gasteiger partial charge in [-0.3, -0.25) is 4.79 Å². The maximum atomic E-state index is 12.2. The number of thioether (sulfide) groups is 1. The number of nitrogens with one attached hydrogen (secondary N) is 1. The number of amides is 1. The van der Waals surface area contributed by atoms with Crippen molar-refractivity contribution in [1.29, 1.82) is 0 Å². The molecule has 0 bridgehead atoms. The SMILES string of the molecule is COc1cccc(CC(=O)Nc2ccc3nc(SC)sc3c2)c1. The van der Waals surface area contributed by atoms with Crippen LogP contribution in [0.25, 0.3) is 10.2 Å². The van der Waals surface area contributed by atoms with Gasteiger partial charge < -0.3 is 10.1 Å². The predicted molar refractivity (Wildman–Crippen MR) is 96.7 cm³/mol. The van der Waals surface area contributed by atoms with Gasteiger partial charge >= 0.3 is 0 Å². The third-order valence-corrected chi connectivity index (χ3v) is 5.33. The summed E-state index contributed by atoms with van der Waals surface area (Å²) in [5.74, 6) is 0.707. The molecule has 6 heteroatoms. The van der Waals surface area contributed by atoms with E-state index in [0.717, 1.165) is 31.6 Å². The summed E-state index contributed by atoms with van der Waals surface area (Å²) in [6.07, 6.45) is 2.32. The van der Waals surface area contributed by atoms with Gasteiger partial charge in [0, 0.05) is 5.69 Å². The van der Waals surface area contributed by atoms with E-state index in [1.807, 2.05) is 48.7 Å². The number of benzene rings is 2. The molecule has 0 radical (unpaired) electrons. The van der Waals surface area contributed by atoms with E-state index in [-0.39, 0.29) is 5.91 Å². The van der Waals surface area contributed by atoms with E-state index >= 15 is 0 Å². The molecule has 1 aromatic heterocycles. The highest BCUT2D eigenvalue weighted by atomic mass is 32.2. The average Bonchev–Trinajstić information content (AvgIpc) is 2.97. The minimum absolute atomic E-state index is 0.0489. The third-order valence-electron chi connectivity index (χ3n) is 3.33. The summed E-state index contributed by atoms with van der Waals surface area (Å²) >= 11 is 3.26. The second-order valence-corrected chi connectivity index (χ2v) is 7.03. The Bertz CT molecular complexity index is 845. The second kappa shape index (κ2) is 7.02. The summed E-state index contributed by atoms with van der Waals surface area (Å²) in [6.45, 7) is 0. The summed E-state index contributed by atoms with van der Waals surface area (Å²) < 4.78 is 7.28. The molecular weight excluding hydrogens is 328 g/mol. The van der Waals surface area contributed by atoms with Gasteiger partial charge in [-0.1, -0.05) is 23.9 Å². The summed E-state index contributed by atoms with van der Waals surface area (Å²) in [4.78, 5) is 16.7. The molecule has 0 spiro atoms. The number of fused-ring (bicyclic) bond motifs is 1. The molecule has 1 heterocycles. The van der Waals surface area contributed by atoms with Gasteiger partial charge in [-0.05, 0) is 42.2 Å². The lowest BCUT2D eigenvalue weighted by Crippen LogP contribution is -2.14. The number of rotatable bonds is 5. The number of carbonyl (C=O) groups is 1. The van der Waals surface area contributed by atoms with Crippen LogP contribution in [0.4, 0.5) is 5.69 Å². The van der Waals surface area contributed by atoms with Crippen LogP contribution in [-0.2, 0) is 11.2 Å². The quantitative estimate of drug-likeness (QED) is 0.705. The van der Waals surface area contributed by atoms with Gasteiger partial charge in [0.2, 0.25) is 5.91 Å². The number of carbonyl (C=O) groups excluding carboxylic acids is 1. The van der Waals surface area contributed by atoms with E-state index in [1.165, 1.54) is 0 Å². The number of thiazole rings is 1.